The van der Waals surface area contributed by atoms with Crippen LogP contribution in [0, 0.1) is 29.6 Å². The van der Waals surface area contributed by atoms with Gasteiger partial charge >= 0.3 is 0 Å². The molecule has 10 heteroatoms. The molecule has 3 aliphatic heterocycles. The molecule has 4 unspecified atom stereocenters. The van der Waals surface area contributed by atoms with Crippen molar-refractivity contribution >= 4 is 23.6 Å². The first-order chi connectivity index (χ1) is 27.3. The summed E-state index contributed by atoms with van der Waals surface area (Å²) in [6, 6.07) is -0.532. The van der Waals surface area contributed by atoms with Gasteiger partial charge in [-0.3, -0.25) is 34.3 Å². The fourth-order valence-electron chi connectivity index (χ4n) is 12.3. The Labute approximate surface area is 337 Å². The fourth-order valence-corrected chi connectivity index (χ4v) is 12.3. The number of fused-ring (bicyclic) bond motifs is 1. The first-order valence-corrected chi connectivity index (χ1v) is 23.5. The highest BCUT2D eigenvalue weighted by Crippen LogP contribution is 2.46. The van der Waals surface area contributed by atoms with Crippen molar-refractivity contribution < 1.29 is 29.0 Å². The van der Waals surface area contributed by atoms with E-state index in [-0.39, 0.29) is 48.5 Å². The second-order valence-electron chi connectivity index (χ2n) is 18.9. The second kappa shape index (κ2) is 20.2. The van der Waals surface area contributed by atoms with E-state index in [0.717, 1.165) is 70.4 Å². The number of imide groups is 2. The van der Waals surface area contributed by atoms with Gasteiger partial charge in [0.05, 0.1) is 24.0 Å². The fraction of sp³-hybridized carbons (Fsp3) is 0.870. The Kier molecular flexibility index (Phi) is 15.2. The highest BCUT2D eigenvalue weighted by molar-refractivity contribution is 6.10. The molecule has 4 amide bonds. The molecule has 0 radical (unpaired) electrons. The number of nitrogens with zero attached hydrogens (tertiary/aromatic N) is 3. The summed E-state index contributed by atoms with van der Waals surface area (Å²) in [6.45, 7) is 8.58. The minimum Gasteiger partial charge on any atom is -0.393 e. The Hall–Kier alpha value is -2.14. The van der Waals surface area contributed by atoms with Gasteiger partial charge in [0.25, 0.3) is 0 Å². The molecule has 3 heterocycles. The lowest BCUT2D eigenvalue weighted by molar-refractivity contribution is -0.151. The molecule has 2 N–H and O–H groups in total. The molecule has 7 aliphatic rings. The molecule has 4 saturated carbocycles. The van der Waals surface area contributed by atoms with Gasteiger partial charge in [-0.25, -0.2) is 0 Å². The number of likely N-dealkylation sites (tertiary alicyclic amines) is 1. The first-order valence-electron chi connectivity index (χ1n) is 23.5. The molecule has 0 aromatic carbocycles. The number of piperazine rings is 1. The van der Waals surface area contributed by atoms with E-state index in [1.165, 1.54) is 114 Å². The zero-order chi connectivity index (χ0) is 39.0. The van der Waals surface area contributed by atoms with Crippen LogP contribution in [0.3, 0.4) is 0 Å². The Balaban J connectivity index is 0.749. The Morgan fingerprint density at radius 1 is 0.696 bits per heavy atom. The maximum absolute atomic E-state index is 13.4. The van der Waals surface area contributed by atoms with E-state index in [2.05, 4.69) is 22.0 Å². The summed E-state index contributed by atoms with van der Waals surface area (Å²) in [5.74, 6) is 0.333. The highest BCUT2D eigenvalue weighted by atomic mass is 16.5. The number of hydrogen-bond donors (Lipinski definition) is 2. The third-order valence-corrected chi connectivity index (χ3v) is 15.4. The van der Waals surface area contributed by atoms with E-state index in [4.69, 9.17) is 4.74 Å². The van der Waals surface area contributed by atoms with E-state index in [1.807, 2.05) is 11.1 Å². The zero-order valence-electron chi connectivity index (χ0n) is 34.7. The van der Waals surface area contributed by atoms with Crippen LogP contribution in [-0.4, -0.2) is 107 Å². The van der Waals surface area contributed by atoms with Gasteiger partial charge in [-0.15, -0.1) is 0 Å². The van der Waals surface area contributed by atoms with E-state index in [0.29, 0.717) is 30.9 Å². The maximum atomic E-state index is 13.4. The minimum atomic E-state index is -0.839. The summed E-state index contributed by atoms with van der Waals surface area (Å²) in [4.78, 5) is 57.0. The SMILES string of the molecule is CC/C(=C(\C1CCC(O)CC1)C1CCC(OCCCCCCCN2CCN(C3CCC4C(=O)N(C5CCC(=O)NC5=O)C(=O)C4C3)CC2)CC1)C1CCCCC1. The minimum absolute atomic E-state index is 0.0808. The molecule has 0 bridgehead atoms. The summed E-state index contributed by atoms with van der Waals surface area (Å²) >= 11 is 0. The van der Waals surface area contributed by atoms with Crippen LogP contribution in [0.15, 0.2) is 11.1 Å². The quantitative estimate of drug-likeness (QED) is 0.105. The molecule has 0 aromatic heterocycles. The predicted octanol–water partition coefficient (Wildman–Crippen LogP) is 6.93. The number of amides is 4. The van der Waals surface area contributed by atoms with Gasteiger partial charge in [-0.05, 0) is 133 Å². The number of aliphatic hydroxyl groups excluding tert-OH is 1. The molecule has 4 atom stereocenters. The van der Waals surface area contributed by atoms with Crippen molar-refractivity contribution in [3.05, 3.63) is 11.1 Å². The summed E-state index contributed by atoms with van der Waals surface area (Å²) in [7, 11) is 0. The summed E-state index contributed by atoms with van der Waals surface area (Å²) in [5.41, 5.74) is 3.69. The first kappa shape index (κ1) is 42.0. The predicted molar refractivity (Wildman–Crippen MR) is 217 cm³/mol. The third kappa shape index (κ3) is 10.2. The normalized spacial score (nSPS) is 34.7. The number of unbranched alkanes of at least 4 members (excludes halogenated alkanes) is 4. The second-order valence-corrected chi connectivity index (χ2v) is 18.9. The van der Waals surface area contributed by atoms with Crippen LogP contribution in [-0.2, 0) is 23.9 Å². The molecule has 0 aromatic rings. The number of ether oxygens (including phenoxy) is 1. The number of aliphatic hydroxyl groups is 1. The summed E-state index contributed by atoms with van der Waals surface area (Å²) in [6.07, 6.45) is 26.8. The molecule has 0 spiro atoms. The largest absolute Gasteiger partial charge is 0.393 e. The third-order valence-electron chi connectivity index (χ3n) is 15.4. The number of carbonyl (C=O) groups excluding carboxylic acids is 4. The van der Waals surface area contributed by atoms with Crippen molar-refractivity contribution in [3.63, 3.8) is 0 Å². The van der Waals surface area contributed by atoms with E-state index >= 15 is 0 Å². The number of allylic oxidation sites excluding steroid dienone is 2. The standard InChI is InChI=1S/C46H74N4O6/c1-2-38(32-11-7-6-8-12-32)43(33-13-18-36(51)19-14-33)34-15-20-37(21-16-34)56-30-10-5-3-4-9-25-48-26-28-49(29-27-48)35-17-22-39-40(31-35)46(55)50(45(39)54)41-23-24-42(52)47-44(41)53/h32-37,39-41,51H,2-31H2,1H3,(H,47,52,53)/b43-38-. The zero-order valence-corrected chi connectivity index (χ0v) is 34.7. The number of hydrogen-bond acceptors (Lipinski definition) is 8. The topological polar surface area (TPSA) is 119 Å². The van der Waals surface area contributed by atoms with Crippen LogP contribution in [0.25, 0.3) is 0 Å². The maximum Gasteiger partial charge on any atom is 0.249 e. The van der Waals surface area contributed by atoms with Gasteiger partial charge in [-0.1, -0.05) is 56.6 Å². The van der Waals surface area contributed by atoms with Crippen molar-refractivity contribution in [3.8, 4) is 0 Å². The molecular formula is C46H74N4O6. The number of rotatable bonds is 15. The van der Waals surface area contributed by atoms with Crippen LogP contribution in [0.2, 0.25) is 0 Å². The van der Waals surface area contributed by atoms with Crippen LogP contribution in [0.5, 0.6) is 0 Å². The lowest BCUT2D eigenvalue weighted by Crippen LogP contribution is -2.54. The Morgan fingerprint density at radius 2 is 1.36 bits per heavy atom. The van der Waals surface area contributed by atoms with Gasteiger partial charge in [0.1, 0.15) is 6.04 Å². The highest BCUT2D eigenvalue weighted by Gasteiger charge is 2.54. The number of piperidine rings is 1. The van der Waals surface area contributed by atoms with Gasteiger partial charge in [0.2, 0.25) is 23.6 Å². The molecule has 7 rings (SSSR count). The molecule has 314 valence electrons. The van der Waals surface area contributed by atoms with Crippen molar-refractivity contribution in [2.24, 2.45) is 29.6 Å². The van der Waals surface area contributed by atoms with Gasteiger partial charge in [0, 0.05) is 45.2 Å². The molecule has 56 heavy (non-hydrogen) atoms. The average molecular weight is 779 g/mol. The van der Waals surface area contributed by atoms with E-state index in [9.17, 15) is 24.3 Å². The summed E-state index contributed by atoms with van der Waals surface area (Å²) in [5, 5.41) is 12.6. The average Bonchev–Trinajstić information content (AvgIpc) is 3.47. The lowest BCUT2D eigenvalue weighted by Gasteiger charge is -2.42. The van der Waals surface area contributed by atoms with Gasteiger partial charge in [-0.2, -0.15) is 0 Å². The Bertz CT molecular complexity index is 1370. The van der Waals surface area contributed by atoms with Crippen LogP contribution in [0.4, 0.5) is 0 Å². The Morgan fingerprint density at radius 3 is 2.05 bits per heavy atom. The van der Waals surface area contributed by atoms with Gasteiger partial charge < -0.3 is 14.7 Å². The van der Waals surface area contributed by atoms with Crippen molar-refractivity contribution in [1.29, 1.82) is 0 Å². The van der Waals surface area contributed by atoms with Crippen molar-refractivity contribution in [2.75, 3.05) is 39.3 Å². The monoisotopic (exact) mass is 779 g/mol. The smallest absolute Gasteiger partial charge is 0.249 e. The molecule has 4 aliphatic carbocycles. The number of carbonyl (C=O) groups is 4. The van der Waals surface area contributed by atoms with Crippen molar-refractivity contribution in [1.82, 2.24) is 20.0 Å². The molecule has 10 nitrogen and oxygen atoms in total. The summed E-state index contributed by atoms with van der Waals surface area (Å²) < 4.78 is 6.48. The van der Waals surface area contributed by atoms with Crippen LogP contribution in [0.1, 0.15) is 161 Å². The van der Waals surface area contributed by atoms with Crippen LogP contribution < -0.4 is 5.32 Å². The van der Waals surface area contributed by atoms with Gasteiger partial charge in [0.15, 0.2) is 0 Å². The molecular weight excluding hydrogens is 705 g/mol. The van der Waals surface area contributed by atoms with E-state index in [1.54, 1.807) is 0 Å². The molecule has 3 saturated heterocycles. The van der Waals surface area contributed by atoms with E-state index < -0.39 is 11.9 Å². The molecule has 7 fully saturated rings. The van der Waals surface area contributed by atoms with Crippen LogP contribution >= 0.6 is 0 Å². The lowest BCUT2D eigenvalue weighted by atomic mass is 9.68. The van der Waals surface area contributed by atoms with Crippen molar-refractivity contribution in [2.45, 2.75) is 185 Å². The number of nitrogens with one attached hydrogen (secondary N) is 1.